The highest BCUT2D eigenvalue weighted by Crippen LogP contribution is 2.30. The van der Waals surface area contributed by atoms with Crippen molar-refractivity contribution in [3.63, 3.8) is 0 Å². The molecule has 0 saturated carbocycles. The van der Waals surface area contributed by atoms with Gasteiger partial charge in [0, 0.05) is 48.5 Å². The fourth-order valence-electron chi connectivity index (χ4n) is 3.50. The molecule has 1 amide bonds. The Kier molecular flexibility index (Phi) is 5.25. The number of aromatic nitrogens is 3. The highest BCUT2D eigenvalue weighted by molar-refractivity contribution is 7.09. The van der Waals surface area contributed by atoms with Crippen LogP contribution in [-0.2, 0) is 6.42 Å². The molecule has 4 heterocycles. The minimum atomic E-state index is 0.0551. The zero-order valence-corrected chi connectivity index (χ0v) is 16.2. The zero-order valence-electron chi connectivity index (χ0n) is 15.3. The molecule has 0 aliphatic carbocycles. The van der Waals surface area contributed by atoms with Gasteiger partial charge in [0.15, 0.2) is 0 Å². The molecule has 27 heavy (non-hydrogen) atoms. The summed E-state index contributed by atoms with van der Waals surface area (Å²) in [5, 5.41) is 2.95. The summed E-state index contributed by atoms with van der Waals surface area (Å²) in [4.78, 5) is 27.8. The second-order valence-electron chi connectivity index (χ2n) is 6.82. The number of hydrogen-bond donors (Lipinski definition) is 0. The van der Waals surface area contributed by atoms with Crippen LogP contribution in [0.25, 0.3) is 11.3 Å². The van der Waals surface area contributed by atoms with Crippen LogP contribution < -0.4 is 0 Å². The van der Waals surface area contributed by atoms with Gasteiger partial charge in [-0.25, -0.2) is 4.98 Å². The van der Waals surface area contributed by atoms with Gasteiger partial charge in [0.05, 0.1) is 10.7 Å². The summed E-state index contributed by atoms with van der Waals surface area (Å²) in [5.41, 5.74) is 3.83. The first-order valence-electron chi connectivity index (χ1n) is 9.34. The van der Waals surface area contributed by atoms with E-state index in [1.54, 1.807) is 23.7 Å². The van der Waals surface area contributed by atoms with Crippen LogP contribution >= 0.6 is 11.3 Å². The van der Waals surface area contributed by atoms with Gasteiger partial charge in [-0.05, 0) is 49.1 Å². The fourth-order valence-corrected chi connectivity index (χ4v) is 4.37. The fraction of sp³-hybridized carbons (Fsp3) is 0.333. The minimum absolute atomic E-state index is 0.0551. The number of hydrogen-bond acceptors (Lipinski definition) is 5. The molecular formula is C21H22N4OS. The number of carbonyl (C=O) groups excluding carboxylic acids is 1. The third-order valence-electron chi connectivity index (χ3n) is 4.94. The van der Waals surface area contributed by atoms with Crippen LogP contribution in [0, 0.1) is 0 Å². The van der Waals surface area contributed by atoms with Gasteiger partial charge in [0.2, 0.25) is 0 Å². The largest absolute Gasteiger partial charge is 0.337 e. The lowest BCUT2D eigenvalue weighted by Crippen LogP contribution is -2.28. The van der Waals surface area contributed by atoms with Crippen molar-refractivity contribution in [2.75, 3.05) is 13.1 Å². The van der Waals surface area contributed by atoms with Crippen molar-refractivity contribution >= 4 is 17.2 Å². The first-order chi connectivity index (χ1) is 13.2. The topological polar surface area (TPSA) is 59.0 Å². The SMILES string of the molecule is CCCc1nc(C(=O)N2CC[C@H](c3ccnc(-c4ccncc4)c3)C2)cs1. The number of thiazole rings is 1. The quantitative estimate of drug-likeness (QED) is 0.668. The van der Waals surface area contributed by atoms with Crippen molar-refractivity contribution in [1.82, 2.24) is 19.9 Å². The summed E-state index contributed by atoms with van der Waals surface area (Å²) in [6, 6.07) is 8.13. The van der Waals surface area contributed by atoms with Crippen molar-refractivity contribution in [1.29, 1.82) is 0 Å². The lowest BCUT2D eigenvalue weighted by Gasteiger charge is -2.16. The Hall–Kier alpha value is -2.60. The summed E-state index contributed by atoms with van der Waals surface area (Å²) < 4.78 is 0. The van der Waals surface area contributed by atoms with Crippen molar-refractivity contribution in [2.45, 2.75) is 32.1 Å². The van der Waals surface area contributed by atoms with Crippen LogP contribution in [-0.4, -0.2) is 38.8 Å². The first-order valence-corrected chi connectivity index (χ1v) is 10.2. The Bertz CT molecular complexity index is 925. The Morgan fingerprint density at radius 3 is 2.93 bits per heavy atom. The molecule has 3 aromatic rings. The van der Waals surface area contributed by atoms with E-state index >= 15 is 0 Å². The van der Waals surface area contributed by atoms with E-state index in [1.807, 2.05) is 28.6 Å². The predicted molar refractivity (Wildman–Crippen MR) is 107 cm³/mol. The number of aryl methyl sites for hydroxylation is 1. The molecule has 0 aromatic carbocycles. The standard InChI is InChI=1S/C21H22N4OS/c1-2-3-20-24-19(14-27-20)21(26)25-11-7-17(13-25)16-6-10-23-18(12-16)15-4-8-22-9-5-15/h4-6,8-10,12,14,17H,2-3,7,11,13H2,1H3/t17-/m0/s1. The van der Waals surface area contributed by atoms with E-state index in [4.69, 9.17) is 0 Å². The van der Waals surface area contributed by atoms with Crippen LogP contribution in [0.3, 0.4) is 0 Å². The highest BCUT2D eigenvalue weighted by atomic mass is 32.1. The van der Waals surface area contributed by atoms with Crippen molar-refractivity contribution in [3.05, 3.63) is 64.5 Å². The van der Waals surface area contributed by atoms with Gasteiger partial charge in [-0.3, -0.25) is 14.8 Å². The summed E-state index contributed by atoms with van der Waals surface area (Å²) in [7, 11) is 0. The van der Waals surface area contributed by atoms with Crippen LogP contribution in [0.15, 0.2) is 48.2 Å². The van der Waals surface area contributed by atoms with E-state index in [0.717, 1.165) is 48.6 Å². The Balaban J connectivity index is 1.47. The second-order valence-corrected chi connectivity index (χ2v) is 7.77. The second kappa shape index (κ2) is 7.96. The monoisotopic (exact) mass is 378 g/mol. The van der Waals surface area contributed by atoms with Crippen LogP contribution in [0.5, 0.6) is 0 Å². The number of rotatable bonds is 5. The number of carbonyl (C=O) groups is 1. The number of pyridine rings is 2. The number of nitrogens with zero attached hydrogens (tertiary/aromatic N) is 4. The highest BCUT2D eigenvalue weighted by Gasteiger charge is 2.29. The van der Waals surface area contributed by atoms with E-state index in [1.165, 1.54) is 5.56 Å². The van der Waals surface area contributed by atoms with Crippen LogP contribution in [0.1, 0.15) is 46.7 Å². The number of amides is 1. The smallest absolute Gasteiger partial charge is 0.273 e. The Labute approximate surface area is 163 Å². The molecule has 0 N–H and O–H groups in total. The van der Waals surface area contributed by atoms with Crippen molar-refractivity contribution < 1.29 is 4.79 Å². The van der Waals surface area contributed by atoms with Crippen LogP contribution in [0.2, 0.25) is 0 Å². The molecule has 1 atom stereocenters. The molecule has 6 heteroatoms. The van der Waals surface area contributed by atoms with Gasteiger partial charge >= 0.3 is 0 Å². The molecule has 138 valence electrons. The molecule has 3 aromatic heterocycles. The van der Waals surface area contributed by atoms with Gasteiger partial charge in [-0.2, -0.15) is 0 Å². The molecule has 1 aliphatic heterocycles. The van der Waals surface area contributed by atoms with Crippen molar-refractivity contribution in [2.24, 2.45) is 0 Å². The maximum atomic E-state index is 12.8. The van der Waals surface area contributed by atoms with E-state index < -0.39 is 0 Å². The first kappa shape index (κ1) is 17.8. The average molecular weight is 379 g/mol. The third-order valence-corrected chi connectivity index (χ3v) is 5.85. The van der Waals surface area contributed by atoms with Crippen LogP contribution in [0.4, 0.5) is 0 Å². The predicted octanol–water partition coefficient (Wildman–Crippen LogP) is 4.18. The van der Waals surface area contributed by atoms with E-state index in [-0.39, 0.29) is 5.91 Å². The molecule has 0 radical (unpaired) electrons. The lowest BCUT2D eigenvalue weighted by atomic mass is 9.97. The maximum absolute atomic E-state index is 12.8. The summed E-state index contributed by atoms with van der Waals surface area (Å²) in [5.74, 6) is 0.394. The van der Waals surface area contributed by atoms with E-state index in [2.05, 4.69) is 34.0 Å². The molecular weight excluding hydrogens is 356 g/mol. The van der Waals surface area contributed by atoms with Gasteiger partial charge < -0.3 is 4.90 Å². The molecule has 0 unspecified atom stereocenters. The molecule has 5 nitrogen and oxygen atoms in total. The Morgan fingerprint density at radius 1 is 1.26 bits per heavy atom. The molecule has 0 bridgehead atoms. The van der Waals surface area contributed by atoms with Gasteiger partial charge in [-0.15, -0.1) is 11.3 Å². The molecule has 4 rings (SSSR count). The van der Waals surface area contributed by atoms with Gasteiger partial charge in [0.1, 0.15) is 5.69 Å². The van der Waals surface area contributed by atoms with Gasteiger partial charge in [0.25, 0.3) is 5.91 Å². The molecule has 0 spiro atoms. The minimum Gasteiger partial charge on any atom is -0.337 e. The summed E-state index contributed by atoms with van der Waals surface area (Å²) in [6.45, 7) is 3.64. The maximum Gasteiger partial charge on any atom is 0.273 e. The third kappa shape index (κ3) is 3.90. The average Bonchev–Trinajstić information content (AvgIpc) is 3.39. The summed E-state index contributed by atoms with van der Waals surface area (Å²) in [6.07, 6.45) is 8.37. The lowest BCUT2D eigenvalue weighted by molar-refractivity contribution is 0.0785. The van der Waals surface area contributed by atoms with E-state index in [0.29, 0.717) is 11.6 Å². The number of likely N-dealkylation sites (tertiary alicyclic amines) is 1. The normalized spacial score (nSPS) is 16.6. The van der Waals surface area contributed by atoms with Crippen molar-refractivity contribution in [3.8, 4) is 11.3 Å². The molecule has 1 aliphatic rings. The molecule has 1 saturated heterocycles. The molecule has 1 fully saturated rings. The Morgan fingerprint density at radius 2 is 2.11 bits per heavy atom. The van der Waals surface area contributed by atoms with E-state index in [9.17, 15) is 4.79 Å². The summed E-state index contributed by atoms with van der Waals surface area (Å²) >= 11 is 1.59. The van der Waals surface area contributed by atoms with Gasteiger partial charge in [-0.1, -0.05) is 6.92 Å². The zero-order chi connectivity index (χ0) is 18.6.